The van der Waals surface area contributed by atoms with Crippen LogP contribution in [-0.2, 0) is 0 Å². The Balaban J connectivity index is 2.16. The maximum atomic E-state index is 6.18. The fourth-order valence-corrected chi connectivity index (χ4v) is 3.03. The van der Waals surface area contributed by atoms with Gasteiger partial charge in [0.2, 0.25) is 0 Å². The third-order valence-electron chi connectivity index (χ3n) is 3.96. The molecule has 0 spiro atoms. The van der Waals surface area contributed by atoms with Gasteiger partial charge in [-0.3, -0.25) is 0 Å². The van der Waals surface area contributed by atoms with E-state index in [9.17, 15) is 0 Å². The number of hydrogen-bond acceptors (Lipinski definition) is 3. The largest absolute Gasteiger partial charge is 0.495 e. The van der Waals surface area contributed by atoms with Crippen LogP contribution in [-0.4, -0.2) is 20.3 Å². The Bertz CT molecular complexity index is 430. The van der Waals surface area contributed by atoms with E-state index in [0.29, 0.717) is 16.8 Å². The number of methoxy groups -OCH3 is 2. The lowest BCUT2D eigenvalue weighted by molar-refractivity contribution is 0.394. The molecular formula is C15H22ClNO2. The van der Waals surface area contributed by atoms with E-state index in [1.165, 1.54) is 25.7 Å². The summed E-state index contributed by atoms with van der Waals surface area (Å²) < 4.78 is 10.6. The molecule has 0 aromatic heterocycles. The van der Waals surface area contributed by atoms with Crippen LogP contribution in [0.15, 0.2) is 12.1 Å². The first-order chi connectivity index (χ1) is 9.15. The summed E-state index contributed by atoms with van der Waals surface area (Å²) in [6.07, 6.45) is 5.30. The number of anilines is 1. The third-order valence-corrected chi connectivity index (χ3v) is 4.26. The first kappa shape index (κ1) is 14.3. The van der Waals surface area contributed by atoms with Crippen LogP contribution >= 0.6 is 11.6 Å². The lowest BCUT2D eigenvalue weighted by atomic mass is 9.99. The maximum Gasteiger partial charge on any atom is 0.145 e. The molecule has 106 valence electrons. The molecule has 0 aliphatic heterocycles. The first-order valence-electron chi connectivity index (χ1n) is 6.83. The van der Waals surface area contributed by atoms with Crippen molar-refractivity contribution < 1.29 is 9.47 Å². The molecular weight excluding hydrogens is 262 g/mol. The zero-order valence-electron chi connectivity index (χ0n) is 11.8. The van der Waals surface area contributed by atoms with Crippen LogP contribution in [0.3, 0.4) is 0 Å². The van der Waals surface area contributed by atoms with E-state index in [1.807, 2.05) is 12.1 Å². The Hall–Kier alpha value is -1.09. The number of nitrogens with one attached hydrogen (secondary N) is 1. The van der Waals surface area contributed by atoms with Crippen molar-refractivity contribution in [3.63, 3.8) is 0 Å². The fraction of sp³-hybridized carbons (Fsp3) is 0.600. The highest BCUT2D eigenvalue weighted by atomic mass is 35.5. The van der Waals surface area contributed by atoms with E-state index in [4.69, 9.17) is 21.1 Å². The topological polar surface area (TPSA) is 30.5 Å². The minimum atomic E-state index is 0.431. The molecule has 0 saturated heterocycles. The molecule has 19 heavy (non-hydrogen) atoms. The molecule has 1 N–H and O–H groups in total. The van der Waals surface area contributed by atoms with Crippen LogP contribution in [0, 0.1) is 5.92 Å². The molecule has 4 heteroatoms. The van der Waals surface area contributed by atoms with E-state index in [0.717, 1.165) is 17.4 Å². The van der Waals surface area contributed by atoms with Crippen molar-refractivity contribution in [2.45, 2.75) is 38.6 Å². The second-order valence-electron chi connectivity index (χ2n) is 5.16. The highest BCUT2D eigenvalue weighted by Crippen LogP contribution is 2.37. The van der Waals surface area contributed by atoms with Crippen LogP contribution in [0.25, 0.3) is 0 Å². The quantitative estimate of drug-likeness (QED) is 0.871. The summed E-state index contributed by atoms with van der Waals surface area (Å²) in [5.74, 6) is 2.15. The lowest BCUT2D eigenvalue weighted by Gasteiger charge is -2.23. The summed E-state index contributed by atoms with van der Waals surface area (Å²) in [5.41, 5.74) is 0.938. The van der Waals surface area contributed by atoms with Crippen LogP contribution in [0.5, 0.6) is 11.5 Å². The van der Waals surface area contributed by atoms with Gasteiger partial charge in [-0.15, -0.1) is 0 Å². The monoisotopic (exact) mass is 283 g/mol. The molecule has 1 aliphatic carbocycles. The molecule has 1 saturated carbocycles. The fourth-order valence-electron chi connectivity index (χ4n) is 2.79. The van der Waals surface area contributed by atoms with Crippen LogP contribution in [0.4, 0.5) is 5.69 Å². The molecule has 0 bridgehead atoms. The number of halogens is 1. The number of rotatable bonds is 5. The van der Waals surface area contributed by atoms with Gasteiger partial charge >= 0.3 is 0 Å². The highest BCUT2D eigenvalue weighted by Gasteiger charge is 2.22. The lowest BCUT2D eigenvalue weighted by Crippen LogP contribution is -2.24. The van der Waals surface area contributed by atoms with Gasteiger partial charge in [-0.05, 0) is 31.7 Å². The van der Waals surface area contributed by atoms with E-state index < -0.39 is 0 Å². The van der Waals surface area contributed by atoms with Crippen molar-refractivity contribution >= 4 is 17.3 Å². The van der Waals surface area contributed by atoms with Crippen molar-refractivity contribution in [1.29, 1.82) is 0 Å². The van der Waals surface area contributed by atoms with E-state index in [2.05, 4.69) is 12.2 Å². The van der Waals surface area contributed by atoms with Gasteiger partial charge in [0, 0.05) is 12.1 Å². The molecule has 0 amide bonds. The maximum absolute atomic E-state index is 6.18. The average molecular weight is 284 g/mol. The SMILES string of the molecule is COc1cc(OC)c(NC(C)C2CCCC2)cc1Cl. The van der Waals surface area contributed by atoms with Gasteiger partial charge in [-0.2, -0.15) is 0 Å². The van der Waals surface area contributed by atoms with E-state index in [-0.39, 0.29) is 0 Å². The van der Waals surface area contributed by atoms with Crippen LogP contribution in [0.2, 0.25) is 5.02 Å². The Kier molecular flexibility index (Phi) is 4.81. The van der Waals surface area contributed by atoms with Gasteiger partial charge < -0.3 is 14.8 Å². The molecule has 1 aliphatic rings. The van der Waals surface area contributed by atoms with Gasteiger partial charge in [0.1, 0.15) is 11.5 Å². The Morgan fingerprint density at radius 1 is 1.16 bits per heavy atom. The van der Waals surface area contributed by atoms with Crippen molar-refractivity contribution in [3.05, 3.63) is 17.2 Å². The summed E-state index contributed by atoms with van der Waals surface area (Å²) in [6.45, 7) is 2.23. The third kappa shape index (κ3) is 3.27. The van der Waals surface area contributed by atoms with Gasteiger partial charge in [0.05, 0.1) is 24.9 Å². The molecule has 1 unspecified atom stereocenters. The first-order valence-corrected chi connectivity index (χ1v) is 7.21. The zero-order chi connectivity index (χ0) is 13.8. The molecule has 0 radical (unpaired) electrons. The molecule has 1 fully saturated rings. The normalized spacial score (nSPS) is 17.3. The molecule has 3 nitrogen and oxygen atoms in total. The smallest absolute Gasteiger partial charge is 0.145 e. The number of ether oxygens (including phenoxy) is 2. The van der Waals surface area contributed by atoms with Crippen LogP contribution in [0.1, 0.15) is 32.6 Å². The summed E-state index contributed by atoms with van der Waals surface area (Å²) in [6, 6.07) is 4.14. The molecule has 1 aromatic rings. The van der Waals surface area contributed by atoms with Gasteiger partial charge in [0.25, 0.3) is 0 Å². The van der Waals surface area contributed by atoms with Gasteiger partial charge in [-0.25, -0.2) is 0 Å². The van der Waals surface area contributed by atoms with Crippen molar-refractivity contribution in [2.75, 3.05) is 19.5 Å². The van der Waals surface area contributed by atoms with Gasteiger partial charge in [0.15, 0.2) is 0 Å². The predicted molar refractivity (Wildman–Crippen MR) is 79.6 cm³/mol. The number of benzene rings is 1. The molecule has 1 aromatic carbocycles. The molecule has 2 rings (SSSR count). The summed E-state index contributed by atoms with van der Waals surface area (Å²) in [4.78, 5) is 0. The van der Waals surface area contributed by atoms with Crippen molar-refractivity contribution in [3.8, 4) is 11.5 Å². The molecule has 1 atom stereocenters. The molecule has 0 heterocycles. The standard InChI is InChI=1S/C15H22ClNO2/c1-10(11-6-4-5-7-11)17-13-8-12(16)14(18-2)9-15(13)19-3/h8-11,17H,4-7H2,1-3H3. The van der Waals surface area contributed by atoms with Crippen LogP contribution < -0.4 is 14.8 Å². The Labute approximate surface area is 120 Å². The van der Waals surface area contributed by atoms with Gasteiger partial charge in [-0.1, -0.05) is 24.4 Å². The van der Waals surface area contributed by atoms with Crippen molar-refractivity contribution in [2.24, 2.45) is 5.92 Å². The minimum absolute atomic E-state index is 0.431. The highest BCUT2D eigenvalue weighted by molar-refractivity contribution is 6.32. The average Bonchev–Trinajstić information content (AvgIpc) is 2.93. The Morgan fingerprint density at radius 2 is 1.79 bits per heavy atom. The zero-order valence-corrected chi connectivity index (χ0v) is 12.6. The Morgan fingerprint density at radius 3 is 2.37 bits per heavy atom. The van der Waals surface area contributed by atoms with E-state index in [1.54, 1.807) is 14.2 Å². The summed E-state index contributed by atoms with van der Waals surface area (Å²) >= 11 is 6.18. The summed E-state index contributed by atoms with van der Waals surface area (Å²) in [5, 5.41) is 4.13. The second kappa shape index (κ2) is 6.38. The summed E-state index contributed by atoms with van der Waals surface area (Å²) in [7, 11) is 3.27. The predicted octanol–water partition coefficient (Wildman–Crippen LogP) is 4.35. The second-order valence-corrected chi connectivity index (χ2v) is 5.57. The van der Waals surface area contributed by atoms with E-state index >= 15 is 0 Å². The van der Waals surface area contributed by atoms with Crippen molar-refractivity contribution in [1.82, 2.24) is 0 Å². The minimum Gasteiger partial charge on any atom is -0.495 e. The number of hydrogen-bond donors (Lipinski definition) is 1.